The molecule has 3 aliphatic carbocycles. The van der Waals surface area contributed by atoms with Gasteiger partial charge in [-0.3, -0.25) is 0 Å². The molecule has 3 nitrogen and oxygen atoms in total. The number of hydrogen-bond acceptors (Lipinski definition) is 3. The Hall–Kier alpha value is -10.7. The fourth-order valence-corrected chi connectivity index (χ4v) is 16.1. The van der Waals surface area contributed by atoms with Crippen LogP contribution in [0.3, 0.4) is 0 Å². The molecule has 2 spiro atoms. The highest BCUT2D eigenvalue weighted by molar-refractivity contribution is 6.07. The maximum atomic E-state index is 6.88. The number of fused-ring (bicyclic) bond motifs is 21. The molecule has 5 aliphatic rings. The Morgan fingerprint density at radius 3 is 0.917 bits per heavy atom. The molecular formula is C81H51NO2. The third-order valence-electron chi connectivity index (χ3n) is 19.1. The number of para-hydroxylation sites is 5. The van der Waals surface area contributed by atoms with Crippen LogP contribution in [0.25, 0.3) is 44.5 Å². The monoisotopic (exact) mass is 1070 g/mol. The van der Waals surface area contributed by atoms with Crippen molar-refractivity contribution in [1.82, 2.24) is 0 Å². The number of hydrogen-bond donors (Lipinski definition) is 0. The molecule has 13 aromatic carbocycles. The number of rotatable bonds is 6. The molecule has 0 fully saturated rings. The number of nitrogens with zero attached hydrogens (tertiary/aromatic N) is 1. The van der Waals surface area contributed by atoms with E-state index in [2.05, 4.69) is 314 Å². The molecule has 0 aromatic heterocycles. The summed E-state index contributed by atoms with van der Waals surface area (Å²) in [6, 6.07) is 115. The maximum Gasteiger partial charge on any atom is 0.132 e. The quantitative estimate of drug-likeness (QED) is 0.166. The largest absolute Gasteiger partial charge is 0.457 e. The van der Waals surface area contributed by atoms with Crippen LogP contribution in [0, 0.1) is 0 Å². The first-order valence-corrected chi connectivity index (χ1v) is 29.2. The van der Waals surface area contributed by atoms with Gasteiger partial charge in [0.25, 0.3) is 0 Å². The second-order valence-corrected chi connectivity index (χ2v) is 22.8. The minimum absolute atomic E-state index is 0.581. The normalized spacial score (nSPS) is 14.7. The summed E-state index contributed by atoms with van der Waals surface area (Å²) in [4.78, 5) is 2.63. The van der Waals surface area contributed by atoms with Crippen molar-refractivity contribution in [3.8, 4) is 67.5 Å². The lowest BCUT2D eigenvalue weighted by molar-refractivity contribution is 0.436. The molecule has 18 rings (SSSR count). The third-order valence-corrected chi connectivity index (χ3v) is 19.1. The van der Waals surface area contributed by atoms with E-state index in [9.17, 15) is 0 Å². The van der Waals surface area contributed by atoms with Crippen molar-refractivity contribution in [2.75, 3.05) is 4.90 Å². The lowest BCUT2D eigenvalue weighted by Gasteiger charge is -2.40. The lowest BCUT2D eigenvalue weighted by atomic mass is 9.66. The summed E-state index contributed by atoms with van der Waals surface area (Å²) < 4.78 is 13.8. The Balaban J connectivity index is 0.973. The highest BCUT2D eigenvalue weighted by Gasteiger charge is 2.55. The minimum atomic E-state index is -0.689. The SMILES string of the molecule is c1ccc(C2(c3ccccc3)c3ccccc3-c3c(-c4ccccc4N(c4cccc5c4-c4ccccc4C54c5ccccc5Oc5ccccc54)c4cccc5c4-c4ccccc4C54c5ccccc5Oc5ccccc54)cccc32)cc1. The Morgan fingerprint density at radius 1 is 0.190 bits per heavy atom. The van der Waals surface area contributed by atoms with Crippen LogP contribution in [-0.2, 0) is 16.2 Å². The summed E-state index contributed by atoms with van der Waals surface area (Å²) in [6.07, 6.45) is 0. The van der Waals surface area contributed by atoms with Gasteiger partial charge >= 0.3 is 0 Å². The first-order chi connectivity index (χ1) is 41.7. The second-order valence-electron chi connectivity index (χ2n) is 22.8. The second kappa shape index (κ2) is 17.6. The molecule has 2 aliphatic heterocycles. The van der Waals surface area contributed by atoms with Crippen LogP contribution < -0.4 is 14.4 Å². The van der Waals surface area contributed by atoms with Crippen LogP contribution in [0.4, 0.5) is 17.1 Å². The molecule has 0 bridgehead atoms. The highest BCUT2D eigenvalue weighted by atomic mass is 16.5. The predicted octanol–water partition coefficient (Wildman–Crippen LogP) is 20.1. The number of anilines is 3. The fourth-order valence-electron chi connectivity index (χ4n) is 16.1. The number of benzene rings is 13. The van der Waals surface area contributed by atoms with Crippen molar-refractivity contribution in [3.63, 3.8) is 0 Å². The van der Waals surface area contributed by atoms with Crippen LogP contribution in [0.5, 0.6) is 23.0 Å². The summed E-state index contributed by atoms with van der Waals surface area (Å²) in [5.74, 6) is 3.47. The lowest BCUT2D eigenvalue weighted by Crippen LogP contribution is -2.32. The zero-order valence-corrected chi connectivity index (χ0v) is 45.7. The van der Waals surface area contributed by atoms with E-state index >= 15 is 0 Å². The molecule has 0 saturated heterocycles. The zero-order valence-electron chi connectivity index (χ0n) is 45.7. The molecule has 392 valence electrons. The van der Waals surface area contributed by atoms with Crippen molar-refractivity contribution >= 4 is 17.1 Å². The van der Waals surface area contributed by atoms with Crippen LogP contribution in [0.15, 0.2) is 309 Å². The van der Waals surface area contributed by atoms with Gasteiger partial charge in [0.1, 0.15) is 23.0 Å². The van der Waals surface area contributed by atoms with Gasteiger partial charge in [0.15, 0.2) is 0 Å². The molecule has 0 atom stereocenters. The Morgan fingerprint density at radius 2 is 0.476 bits per heavy atom. The molecule has 0 amide bonds. The van der Waals surface area contributed by atoms with Gasteiger partial charge in [0.05, 0.1) is 33.3 Å². The van der Waals surface area contributed by atoms with E-state index in [1.807, 2.05) is 0 Å². The third kappa shape index (κ3) is 5.94. The van der Waals surface area contributed by atoms with Gasteiger partial charge in [0.2, 0.25) is 0 Å². The Bertz CT molecular complexity index is 4560. The van der Waals surface area contributed by atoms with Crippen molar-refractivity contribution in [2.24, 2.45) is 0 Å². The molecule has 13 aromatic rings. The standard InChI is InChI=1S/C81H51NO2/c1-3-26-52(27-4-1)79(53-28-5-2-6-29-53)59-35-11-7-31-56(59)76-55(34-23-42-66(76)79)54-30-10-18-45-69(54)82(70-46-24-43-67-77(70)57-32-8-12-36-60(57)80(67)62-38-14-19-48-72(62)83-73-49-20-15-39-63(73)80)71-47-25-44-68-78(71)58-33-9-13-37-61(58)81(68)64-40-16-21-50-74(64)84-75-51-22-17-41-65(75)81/h1-51H. The van der Waals surface area contributed by atoms with Crippen LogP contribution in [0.1, 0.15) is 66.8 Å². The molecule has 3 heteroatoms. The molecule has 2 heterocycles. The van der Waals surface area contributed by atoms with E-state index in [1.54, 1.807) is 0 Å². The average molecular weight is 1070 g/mol. The summed E-state index contributed by atoms with van der Waals surface area (Å²) >= 11 is 0. The van der Waals surface area contributed by atoms with E-state index in [0.29, 0.717) is 0 Å². The summed E-state index contributed by atoms with van der Waals surface area (Å²) in [7, 11) is 0. The predicted molar refractivity (Wildman–Crippen MR) is 339 cm³/mol. The van der Waals surface area contributed by atoms with Gasteiger partial charge in [-0.25, -0.2) is 0 Å². The molecule has 0 N–H and O–H groups in total. The van der Waals surface area contributed by atoms with Gasteiger partial charge in [-0.2, -0.15) is 0 Å². The van der Waals surface area contributed by atoms with Gasteiger partial charge in [-0.05, 0) is 115 Å². The Kier molecular flexibility index (Phi) is 9.86. The van der Waals surface area contributed by atoms with Crippen LogP contribution in [0.2, 0.25) is 0 Å². The van der Waals surface area contributed by atoms with Crippen molar-refractivity contribution < 1.29 is 9.47 Å². The van der Waals surface area contributed by atoms with E-state index in [0.717, 1.165) is 67.9 Å². The Labute approximate surface area is 488 Å². The number of ether oxygens (including phenoxy) is 2. The highest BCUT2D eigenvalue weighted by Crippen LogP contribution is 2.68. The average Bonchev–Trinajstić information content (AvgIpc) is 1.61. The van der Waals surface area contributed by atoms with Crippen molar-refractivity contribution in [3.05, 3.63) is 376 Å². The summed E-state index contributed by atoms with van der Waals surface area (Å²) in [5, 5.41) is 0. The van der Waals surface area contributed by atoms with Crippen LogP contribution in [-0.4, -0.2) is 0 Å². The first kappa shape index (κ1) is 47.0. The van der Waals surface area contributed by atoms with Crippen molar-refractivity contribution in [1.29, 1.82) is 0 Å². The maximum absolute atomic E-state index is 6.88. The molecule has 0 unspecified atom stereocenters. The minimum Gasteiger partial charge on any atom is -0.457 e. The fraction of sp³-hybridized carbons (Fsp3) is 0.0370. The van der Waals surface area contributed by atoms with Gasteiger partial charge < -0.3 is 14.4 Å². The summed E-state index contributed by atoms with van der Waals surface area (Å²) in [6.45, 7) is 0. The van der Waals surface area contributed by atoms with E-state index in [4.69, 9.17) is 9.47 Å². The zero-order chi connectivity index (χ0) is 55.1. The van der Waals surface area contributed by atoms with Crippen LogP contribution >= 0.6 is 0 Å². The summed E-state index contributed by atoms with van der Waals surface area (Å²) in [5.41, 5.74) is 25.2. The van der Waals surface area contributed by atoms with Gasteiger partial charge in [-0.15, -0.1) is 0 Å². The molecular weight excluding hydrogens is 1020 g/mol. The van der Waals surface area contributed by atoms with Crippen molar-refractivity contribution in [2.45, 2.75) is 16.2 Å². The van der Waals surface area contributed by atoms with Gasteiger partial charge in [0, 0.05) is 38.9 Å². The van der Waals surface area contributed by atoms with E-state index < -0.39 is 16.2 Å². The molecule has 84 heavy (non-hydrogen) atoms. The molecule has 0 radical (unpaired) electrons. The van der Waals surface area contributed by atoms with Gasteiger partial charge in [-0.1, -0.05) is 267 Å². The topological polar surface area (TPSA) is 21.7 Å². The molecule has 0 saturated carbocycles. The smallest absolute Gasteiger partial charge is 0.132 e. The first-order valence-electron chi connectivity index (χ1n) is 29.2. The van der Waals surface area contributed by atoms with E-state index in [-0.39, 0.29) is 0 Å². The van der Waals surface area contributed by atoms with E-state index in [1.165, 1.54) is 83.5 Å².